The molecule has 240 valence electrons. The van der Waals surface area contributed by atoms with Crippen molar-refractivity contribution < 1.29 is 27.5 Å². The molecule has 0 radical (unpaired) electrons. The summed E-state index contributed by atoms with van der Waals surface area (Å²) in [5, 5.41) is 3.79. The Balaban J connectivity index is 1.37. The van der Waals surface area contributed by atoms with Crippen molar-refractivity contribution in [3.05, 3.63) is 88.9 Å². The molecule has 1 aliphatic carbocycles. The van der Waals surface area contributed by atoms with Crippen LogP contribution in [0.1, 0.15) is 49.7 Å². The van der Waals surface area contributed by atoms with Crippen molar-refractivity contribution in [3.8, 4) is 11.5 Å². The molecule has 1 aliphatic heterocycles. The summed E-state index contributed by atoms with van der Waals surface area (Å²) in [6.45, 7) is 1.10. The van der Waals surface area contributed by atoms with E-state index in [2.05, 4.69) is 5.32 Å². The highest BCUT2D eigenvalue weighted by molar-refractivity contribution is 7.92. The van der Waals surface area contributed by atoms with Gasteiger partial charge in [-0.25, -0.2) is 8.42 Å². The normalized spacial score (nSPS) is 15.3. The molecule has 11 heteroatoms. The number of nitrogens with zero attached hydrogens (tertiary/aromatic N) is 2. The Labute approximate surface area is 270 Å². The molecule has 3 aromatic rings. The molecule has 0 aromatic heterocycles. The fourth-order valence-corrected chi connectivity index (χ4v) is 6.98. The number of rotatable bonds is 13. The van der Waals surface area contributed by atoms with Gasteiger partial charge in [0.05, 0.1) is 11.9 Å². The lowest BCUT2D eigenvalue weighted by Gasteiger charge is -2.33. The maximum Gasteiger partial charge on any atom is 0.243 e. The molecular weight excluding hydrogens is 614 g/mol. The molecule has 2 aliphatic rings. The molecule has 0 saturated heterocycles. The second-order valence-electron chi connectivity index (χ2n) is 11.6. The molecule has 9 nitrogen and oxygen atoms in total. The quantitative estimate of drug-likeness (QED) is 0.267. The van der Waals surface area contributed by atoms with Gasteiger partial charge in [0.1, 0.15) is 19.3 Å². The first-order chi connectivity index (χ1) is 21.7. The number of benzene rings is 3. The van der Waals surface area contributed by atoms with Crippen LogP contribution in [0.2, 0.25) is 5.02 Å². The van der Waals surface area contributed by atoms with Crippen LogP contribution in [-0.2, 0) is 32.6 Å². The predicted octanol–water partition coefficient (Wildman–Crippen LogP) is 5.36. The SMILES string of the molecule is CS(=O)(=O)N(CCCC(=O)N(Cc1ccc(Cl)cc1)[C@H](Cc1ccccc1)C(=O)NC1CCCC1)c1ccc2c(c1)OCCO2. The van der Waals surface area contributed by atoms with E-state index in [4.69, 9.17) is 21.1 Å². The molecule has 1 heterocycles. The van der Waals surface area contributed by atoms with E-state index in [0.717, 1.165) is 43.1 Å². The van der Waals surface area contributed by atoms with E-state index in [1.165, 1.54) is 4.31 Å². The monoisotopic (exact) mass is 653 g/mol. The number of sulfonamides is 1. The Morgan fingerprint density at radius 1 is 0.933 bits per heavy atom. The Kier molecular flexibility index (Phi) is 10.9. The van der Waals surface area contributed by atoms with Crippen molar-refractivity contribution in [1.29, 1.82) is 0 Å². The van der Waals surface area contributed by atoms with Gasteiger partial charge < -0.3 is 19.7 Å². The van der Waals surface area contributed by atoms with E-state index in [0.29, 0.717) is 41.8 Å². The average Bonchev–Trinajstić information content (AvgIpc) is 3.54. The van der Waals surface area contributed by atoms with Crippen LogP contribution in [0.25, 0.3) is 0 Å². The molecule has 2 amide bonds. The van der Waals surface area contributed by atoms with E-state index in [-0.39, 0.29) is 43.8 Å². The number of fused-ring (bicyclic) bond motifs is 1. The van der Waals surface area contributed by atoms with E-state index < -0.39 is 16.1 Å². The van der Waals surface area contributed by atoms with Gasteiger partial charge in [0, 0.05) is 43.1 Å². The number of halogens is 1. The number of carbonyl (C=O) groups excluding carboxylic acids is 2. The Morgan fingerprint density at radius 2 is 1.62 bits per heavy atom. The fraction of sp³-hybridized carbons (Fsp3) is 0.412. The molecule has 45 heavy (non-hydrogen) atoms. The molecule has 1 N–H and O–H groups in total. The molecule has 1 saturated carbocycles. The van der Waals surface area contributed by atoms with Gasteiger partial charge in [-0.2, -0.15) is 0 Å². The van der Waals surface area contributed by atoms with E-state index in [1.807, 2.05) is 42.5 Å². The first-order valence-electron chi connectivity index (χ1n) is 15.4. The van der Waals surface area contributed by atoms with Gasteiger partial charge in [-0.05, 0) is 54.7 Å². The summed E-state index contributed by atoms with van der Waals surface area (Å²) in [4.78, 5) is 29.6. The van der Waals surface area contributed by atoms with Crippen LogP contribution in [0, 0.1) is 0 Å². The smallest absolute Gasteiger partial charge is 0.243 e. The van der Waals surface area contributed by atoms with Gasteiger partial charge in [-0.15, -0.1) is 0 Å². The second-order valence-corrected chi connectivity index (χ2v) is 14.0. The molecule has 0 spiro atoms. The Bertz CT molecular complexity index is 1560. The van der Waals surface area contributed by atoms with Gasteiger partial charge in [-0.1, -0.05) is 66.9 Å². The lowest BCUT2D eigenvalue weighted by atomic mass is 10.0. The van der Waals surface area contributed by atoms with Crippen LogP contribution in [0.5, 0.6) is 11.5 Å². The second kappa shape index (κ2) is 15.0. The Hall–Kier alpha value is -3.76. The zero-order chi connectivity index (χ0) is 31.8. The Morgan fingerprint density at radius 3 is 2.31 bits per heavy atom. The number of carbonyl (C=O) groups is 2. The van der Waals surface area contributed by atoms with Crippen LogP contribution in [0.15, 0.2) is 72.8 Å². The third-order valence-corrected chi connectivity index (χ3v) is 9.65. The summed E-state index contributed by atoms with van der Waals surface area (Å²) in [5.74, 6) is 0.631. The highest BCUT2D eigenvalue weighted by Crippen LogP contribution is 2.35. The third kappa shape index (κ3) is 8.92. The summed E-state index contributed by atoms with van der Waals surface area (Å²) < 4.78 is 38.2. The predicted molar refractivity (Wildman–Crippen MR) is 175 cm³/mol. The van der Waals surface area contributed by atoms with Crippen molar-refractivity contribution in [2.24, 2.45) is 0 Å². The first-order valence-corrected chi connectivity index (χ1v) is 17.7. The maximum absolute atomic E-state index is 14.1. The summed E-state index contributed by atoms with van der Waals surface area (Å²) >= 11 is 6.14. The highest BCUT2D eigenvalue weighted by atomic mass is 35.5. The summed E-state index contributed by atoms with van der Waals surface area (Å²) in [7, 11) is -3.66. The van der Waals surface area contributed by atoms with Crippen LogP contribution in [0.3, 0.4) is 0 Å². The number of hydrogen-bond acceptors (Lipinski definition) is 6. The van der Waals surface area contributed by atoms with Gasteiger partial charge >= 0.3 is 0 Å². The van der Waals surface area contributed by atoms with Crippen molar-refractivity contribution >= 4 is 39.1 Å². The lowest BCUT2D eigenvalue weighted by Crippen LogP contribution is -2.52. The van der Waals surface area contributed by atoms with Crippen LogP contribution in [0.4, 0.5) is 5.69 Å². The number of anilines is 1. The molecule has 0 bridgehead atoms. The van der Waals surface area contributed by atoms with E-state index >= 15 is 0 Å². The third-order valence-electron chi connectivity index (χ3n) is 8.20. The molecular formula is C34H40ClN3O6S. The maximum atomic E-state index is 14.1. The van der Waals surface area contributed by atoms with Crippen LogP contribution >= 0.6 is 11.6 Å². The zero-order valence-electron chi connectivity index (χ0n) is 25.5. The van der Waals surface area contributed by atoms with Crippen molar-refractivity contribution in [2.75, 3.05) is 30.3 Å². The van der Waals surface area contributed by atoms with Crippen LogP contribution in [-0.4, -0.2) is 63.2 Å². The number of ether oxygens (including phenoxy) is 2. The molecule has 1 fully saturated rings. The molecule has 1 atom stereocenters. The molecule has 5 rings (SSSR count). The van der Waals surface area contributed by atoms with Crippen molar-refractivity contribution in [3.63, 3.8) is 0 Å². The fourth-order valence-electron chi connectivity index (χ4n) is 5.90. The minimum atomic E-state index is -3.66. The lowest BCUT2D eigenvalue weighted by molar-refractivity contribution is -0.141. The van der Waals surface area contributed by atoms with Gasteiger partial charge in [-0.3, -0.25) is 13.9 Å². The van der Waals surface area contributed by atoms with Crippen molar-refractivity contribution in [1.82, 2.24) is 10.2 Å². The minimum Gasteiger partial charge on any atom is -0.486 e. The van der Waals surface area contributed by atoms with Crippen LogP contribution < -0.4 is 19.1 Å². The average molecular weight is 654 g/mol. The van der Waals surface area contributed by atoms with E-state index in [1.54, 1.807) is 35.2 Å². The summed E-state index contributed by atoms with van der Waals surface area (Å²) in [6.07, 6.45) is 5.79. The molecule has 0 unspecified atom stereocenters. The van der Waals surface area contributed by atoms with Crippen molar-refractivity contribution in [2.45, 2.75) is 63.6 Å². The zero-order valence-corrected chi connectivity index (χ0v) is 27.1. The highest BCUT2D eigenvalue weighted by Gasteiger charge is 2.32. The van der Waals surface area contributed by atoms with Gasteiger partial charge in [0.2, 0.25) is 21.8 Å². The van der Waals surface area contributed by atoms with Gasteiger partial charge in [0.25, 0.3) is 0 Å². The number of nitrogens with one attached hydrogen (secondary N) is 1. The van der Waals surface area contributed by atoms with E-state index in [9.17, 15) is 18.0 Å². The molecule has 3 aromatic carbocycles. The summed E-state index contributed by atoms with van der Waals surface area (Å²) in [6, 6.07) is 21.3. The number of hydrogen-bond donors (Lipinski definition) is 1. The van der Waals surface area contributed by atoms with Gasteiger partial charge in [0.15, 0.2) is 11.5 Å². The number of amides is 2. The minimum absolute atomic E-state index is 0.0478. The largest absolute Gasteiger partial charge is 0.486 e. The topological polar surface area (TPSA) is 105 Å². The standard InChI is InChI=1S/C34H40ClN3O6S/c1-45(41,42)38(29-17-18-31-32(23-29)44-21-20-43-31)19-7-12-33(39)37(24-26-13-15-27(35)16-14-26)30(22-25-8-3-2-4-9-25)34(40)36-28-10-5-6-11-28/h2-4,8-9,13-18,23,28,30H,5-7,10-12,19-22,24H2,1H3,(H,36,40)/t30-/m1/s1. The summed E-state index contributed by atoms with van der Waals surface area (Å²) in [5.41, 5.74) is 2.22. The first kappa shape index (κ1) is 32.6.